The van der Waals surface area contributed by atoms with Gasteiger partial charge in [0, 0.05) is 10.7 Å². The first-order valence-corrected chi connectivity index (χ1v) is 8.06. The highest BCUT2D eigenvalue weighted by Gasteiger charge is 2.16. The number of pyridine rings is 1. The van der Waals surface area contributed by atoms with Crippen molar-refractivity contribution in [2.45, 2.75) is 25.8 Å². The Balaban J connectivity index is 2.26. The van der Waals surface area contributed by atoms with E-state index < -0.39 is 0 Å². The third-order valence-electron chi connectivity index (χ3n) is 3.12. The fraction of sp³-hybridized carbons (Fsp3) is 0.312. The summed E-state index contributed by atoms with van der Waals surface area (Å²) in [5.41, 5.74) is 1.70. The number of nitrogens with one attached hydrogen (secondary N) is 1. The van der Waals surface area contributed by atoms with Crippen molar-refractivity contribution in [2.75, 3.05) is 6.54 Å². The van der Waals surface area contributed by atoms with Gasteiger partial charge in [-0.25, -0.2) is 4.39 Å². The summed E-state index contributed by atoms with van der Waals surface area (Å²) in [6.45, 7) is 2.96. The predicted molar refractivity (Wildman–Crippen MR) is 88.1 cm³/mol. The first-order valence-electron chi connectivity index (χ1n) is 6.89. The second-order valence-corrected chi connectivity index (χ2v) is 6.18. The van der Waals surface area contributed by atoms with Crippen molar-refractivity contribution in [1.82, 2.24) is 10.3 Å². The van der Waals surface area contributed by atoms with Crippen molar-refractivity contribution in [2.24, 2.45) is 0 Å². The van der Waals surface area contributed by atoms with Gasteiger partial charge < -0.3 is 5.32 Å². The van der Waals surface area contributed by atoms with E-state index >= 15 is 0 Å². The van der Waals surface area contributed by atoms with E-state index in [0.29, 0.717) is 11.4 Å². The lowest BCUT2D eigenvalue weighted by Crippen LogP contribution is -2.25. The first-order chi connectivity index (χ1) is 10.1. The van der Waals surface area contributed by atoms with Gasteiger partial charge in [-0.2, -0.15) is 0 Å². The van der Waals surface area contributed by atoms with Gasteiger partial charge >= 0.3 is 0 Å². The fourth-order valence-electron chi connectivity index (χ4n) is 2.20. The van der Waals surface area contributed by atoms with Crippen molar-refractivity contribution in [3.63, 3.8) is 0 Å². The zero-order valence-electron chi connectivity index (χ0n) is 11.7. The Kier molecular flexibility index (Phi) is 6.15. The summed E-state index contributed by atoms with van der Waals surface area (Å²) in [6, 6.07) is 8.51. The third-order valence-corrected chi connectivity index (χ3v) is 3.90. The molecule has 1 N–H and O–H groups in total. The summed E-state index contributed by atoms with van der Waals surface area (Å²) in [4.78, 5) is 4.37. The van der Waals surface area contributed by atoms with Gasteiger partial charge in [-0.3, -0.25) is 4.98 Å². The Labute approximate surface area is 137 Å². The van der Waals surface area contributed by atoms with Crippen LogP contribution >= 0.6 is 27.5 Å². The molecule has 1 aromatic heterocycles. The number of halogens is 3. The molecule has 5 heteroatoms. The molecule has 0 aliphatic carbocycles. The molecular formula is C16H17BrClFN2. The quantitative estimate of drug-likeness (QED) is 0.779. The van der Waals surface area contributed by atoms with Crippen LogP contribution in [0.15, 0.2) is 41.0 Å². The highest BCUT2D eigenvalue weighted by molar-refractivity contribution is 9.10. The van der Waals surface area contributed by atoms with Gasteiger partial charge in [-0.15, -0.1) is 0 Å². The van der Waals surface area contributed by atoms with E-state index in [1.165, 1.54) is 6.07 Å². The molecular weight excluding hydrogens is 355 g/mol. The summed E-state index contributed by atoms with van der Waals surface area (Å²) >= 11 is 9.57. The molecule has 1 aromatic carbocycles. The lowest BCUT2D eigenvalue weighted by molar-refractivity contribution is 0.516. The number of hydrogen-bond donors (Lipinski definition) is 1. The average molecular weight is 372 g/mol. The van der Waals surface area contributed by atoms with Crippen molar-refractivity contribution in [3.8, 4) is 0 Å². The van der Waals surface area contributed by atoms with Gasteiger partial charge in [-0.1, -0.05) is 34.5 Å². The molecule has 0 bridgehead atoms. The van der Waals surface area contributed by atoms with Crippen molar-refractivity contribution >= 4 is 27.5 Å². The average Bonchev–Trinajstić information content (AvgIpc) is 2.43. The summed E-state index contributed by atoms with van der Waals surface area (Å²) in [6.07, 6.45) is 3.37. The molecule has 2 rings (SSSR count). The number of rotatable bonds is 6. The molecule has 0 aliphatic heterocycles. The molecule has 0 radical (unpaired) electrons. The molecule has 0 amide bonds. The lowest BCUT2D eigenvalue weighted by Gasteiger charge is -2.19. The molecule has 21 heavy (non-hydrogen) atoms. The topological polar surface area (TPSA) is 24.9 Å². The van der Waals surface area contributed by atoms with E-state index in [1.807, 2.05) is 18.2 Å². The predicted octanol–water partition coefficient (Wildman–Crippen LogP) is 4.92. The maximum absolute atomic E-state index is 13.5. The highest BCUT2D eigenvalue weighted by Crippen LogP contribution is 2.25. The Morgan fingerprint density at radius 3 is 2.86 bits per heavy atom. The van der Waals surface area contributed by atoms with E-state index in [4.69, 9.17) is 11.6 Å². The molecule has 1 heterocycles. The van der Waals surface area contributed by atoms with Crippen LogP contribution in [0.5, 0.6) is 0 Å². The number of aromatic nitrogens is 1. The van der Waals surface area contributed by atoms with Crippen LogP contribution in [0, 0.1) is 5.82 Å². The van der Waals surface area contributed by atoms with E-state index in [9.17, 15) is 4.39 Å². The first kappa shape index (κ1) is 16.4. The second-order valence-electron chi connectivity index (χ2n) is 4.86. The number of hydrogen-bond acceptors (Lipinski definition) is 2. The van der Waals surface area contributed by atoms with E-state index in [1.54, 1.807) is 12.3 Å². The molecule has 0 saturated carbocycles. The summed E-state index contributed by atoms with van der Waals surface area (Å²) < 4.78 is 14.3. The van der Waals surface area contributed by atoms with Crippen LogP contribution in [0.1, 0.15) is 30.6 Å². The van der Waals surface area contributed by atoms with Gasteiger partial charge in [0.1, 0.15) is 5.82 Å². The Hall–Kier alpha value is -0.970. The second kappa shape index (κ2) is 7.87. The van der Waals surface area contributed by atoms with Crippen LogP contribution in [0.4, 0.5) is 4.39 Å². The molecule has 112 valence electrons. The van der Waals surface area contributed by atoms with E-state index in [-0.39, 0.29) is 11.9 Å². The molecule has 0 aliphatic rings. The van der Waals surface area contributed by atoms with Gasteiger partial charge in [0.25, 0.3) is 0 Å². The van der Waals surface area contributed by atoms with Crippen LogP contribution < -0.4 is 5.32 Å². The lowest BCUT2D eigenvalue weighted by atomic mass is 10.0. The summed E-state index contributed by atoms with van der Waals surface area (Å²) in [5, 5.41) is 4.06. The van der Waals surface area contributed by atoms with Gasteiger partial charge in [0.15, 0.2) is 0 Å². The molecule has 1 unspecified atom stereocenters. The zero-order valence-corrected chi connectivity index (χ0v) is 14.1. The van der Waals surface area contributed by atoms with Crippen LogP contribution in [0.2, 0.25) is 5.02 Å². The van der Waals surface area contributed by atoms with Crippen LogP contribution in [-0.4, -0.2) is 11.5 Å². The molecule has 2 aromatic rings. The van der Waals surface area contributed by atoms with Crippen LogP contribution in [0.25, 0.3) is 0 Å². The smallest absolute Gasteiger partial charge is 0.124 e. The third kappa shape index (κ3) is 4.77. The molecule has 1 atom stereocenters. The zero-order chi connectivity index (χ0) is 15.2. The van der Waals surface area contributed by atoms with Crippen LogP contribution in [0.3, 0.4) is 0 Å². The molecule has 0 fully saturated rings. The minimum absolute atomic E-state index is 0.0349. The van der Waals surface area contributed by atoms with Gasteiger partial charge in [0.2, 0.25) is 0 Å². The van der Waals surface area contributed by atoms with Crippen molar-refractivity contribution < 1.29 is 4.39 Å². The number of benzene rings is 1. The van der Waals surface area contributed by atoms with Gasteiger partial charge in [0.05, 0.1) is 16.8 Å². The summed E-state index contributed by atoms with van der Waals surface area (Å²) in [5.74, 6) is -0.249. The minimum atomic E-state index is -0.249. The maximum atomic E-state index is 13.5. The van der Waals surface area contributed by atoms with E-state index in [0.717, 1.165) is 28.7 Å². The maximum Gasteiger partial charge on any atom is 0.124 e. The fourth-order valence-corrected chi connectivity index (χ4v) is 2.97. The Morgan fingerprint density at radius 2 is 2.19 bits per heavy atom. The molecule has 0 spiro atoms. The van der Waals surface area contributed by atoms with Crippen molar-refractivity contribution in [3.05, 3.63) is 63.1 Å². The number of nitrogens with zero attached hydrogens (tertiary/aromatic N) is 1. The molecule has 0 saturated heterocycles. The van der Waals surface area contributed by atoms with E-state index in [2.05, 4.69) is 33.2 Å². The van der Waals surface area contributed by atoms with Crippen LogP contribution in [-0.2, 0) is 6.42 Å². The Morgan fingerprint density at radius 1 is 1.38 bits per heavy atom. The summed E-state index contributed by atoms with van der Waals surface area (Å²) in [7, 11) is 0. The highest BCUT2D eigenvalue weighted by atomic mass is 79.9. The van der Waals surface area contributed by atoms with Crippen molar-refractivity contribution in [1.29, 1.82) is 0 Å². The SMILES string of the molecule is CCCNC(Cc1cc(F)cc(Br)c1)c1ncccc1Cl. The minimum Gasteiger partial charge on any atom is -0.308 e. The monoisotopic (exact) mass is 370 g/mol. The normalized spacial score (nSPS) is 12.4. The van der Waals surface area contributed by atoms with Gasteiger partial charge in [-0.05, 0) is 55.3 Å². The Bertz CT molecular complexity index is 586. The standard InChI is InChI=1S/C16H17BrClFN2/c1-2-5-20-15(16-14(18)4-3-6-21-16)9-11-7-12(17)10-13(19)8-11/h3-4,6-8,10,15,20H,2,5,9H2,1H3. The largest absolute Gasteiger partial charge is 0.308 e. The molecule has 2 nitrogen and oxygen atoms in total.